The molecule has 1 fully saturated rings. The monoisotopic (exact) mass is 491 g/mol. The van der Waals surface area contributed by atoms with E-state index in [1.54, 1.807) is 35.9 Å². The summed E-state index contributed by atoms with van der Waals surface area (Å²) in [5.74, 6) is -0.807. The average Bonchev–Trinajstić information content (AvgIpc) is 3.60. The smallest absolute Gasteiger partial charge is 0.274 e. The second-order valence-corrected chi connectivity index (χ2v) is 9.52. The van der Waals surface area contributed by atoms with E-state index in [4.69, 9.17) is 4.98 Å². The lowest BCUT2D eigenvalue weighted by atomic mass is 10.1. The first-order valence-corrected chi connectivity index (χ1v) is 12.4. The number of hydrogen-bond donors (Lipinski definition) is 2. The molecule has 1 aromatic carbocycles. The third kappa shape index (κ3) is 5.11. The number of aliphatic hydroxyl groups excluding tert-OH is 1. The maximum absolute atomic E-state index is 13.4. The molecule has 0 unspecified atom stereocenters. The quantitative estimate of drug-likeness (QED) is 0.348. The number of carbonyl (C=O) groups excluding carboxylic acids is 1. The number of anilines is 2. The van der Waals surface area contributed by atoms with Gasteiger partial charge in [-0.1, -0.05) is 12.1 Å². The fourth-order valence-electron chi connectivity index (χ4n) is 4.48. The number of pyridine rings is 1. The average molecular weight is 492 g/mol. The number of halogens is 1. The van der Waals surface area contributed by atoms with E-state index in [0.29, 0.717) is 17.4 Å². The van der Waals surface area contributed by atoms with Crippen LogP contribution in [-0.4, -0.2) is 32.1 Å². The normalized spacial score (nSPS) is 16.4. The Morgan fingerprint density at radius 2 is 2.11 bits per heavy atom. The van der Waals surface area contributed by atoms with Crippen LogP contribution < -0.4 is 10.2 Å². The van der Waals surface area contributed by atoms with Gasteiger partial charge in [-0.15, -0.1) is 11.3 Å². The summed E-state index contributed by atoms with van der Waals surface area (Å²) in [5, 5.41) is 15.2. The predicted octanol–water partition coefficient (Wildman–Crippen LogP) is 5.17. The first-order chi connectivity index (χ1) is 17.0. The van der Waals surface area contributed by atoms with Crippen molar-refractivity contribution in [1.82, 2.24) is 14.5 Å². The van der Waals surface area contributed by atoms with Gasteiger partial charge in [0.25, 0.3) is 5.91 Å². The van der Waals surface area contributed by atoms with Gasteiger partial charge in [-0.2, -0.15) is 4.39 Å². The lowest BCUT2D eigenvalue weighted by molar-refractivity contribution is 0.101. The van der Waals surface area contributed by atoms with Crippen molar-refractivity contribution in [2.24, 2.45) is 0 Å². The van der Waals surface area contributed by atoms with Crippen molar-refractivity contribution in [3.8, 4) is 0 Å². The maximum atomic E-state index is 13.4. The fourth-order valence-corrected chi connectivity index (χ4v) is 5.23. The number of aromatic nitrogens is 3. The third-order valence-corrected chi connectivity index (χ3v) is 7.03. The van der Waals surface area contributed by atoms with Crippen LogP contribution in [0.4, 0.5) is 15.2 Å². The molecule has 1 amide bonds. The van der Waals surface area contributed by atoms with Crippen molar-refractivity contribution >= 4 is 28.1 Å². The largest absolute Gasteiger partial charge is 0.389 e. The number of thiazole rings is 1. The fraction of sp³-hybridized carbons (Fsp3) is 0.269. The van der Waals surface area contributed by atoms with Crippen LogP contribution in [0.5, 0.6) is 0 Å². The predicted molar refractivity (Wildman–Crippen MR) is 134 cm³/mol. The Morgan fingerprint density at radius 3 is 2.89 bits per heavy atom. The van der Waals surface area contributed by atoms with E-state index in [1.807, 2.05) is 29.6 Å². The minimum absolute atomic E-state index is 0.139. The highest BCUT2D eigenvalue weighted by Crippen LogP contribution is 2.37. The van der Waals surface area contributed by atoms with Gasteiger partial charge in [0.2, 0.25) is 5.95 Å². The van der Waals surface area contributed by atoms with Crippen molar-refractivity contribution in [1.29, 1.82) is 0 Å². The molecule has 7 nitrogen and oxygen atoms in total. The molecule has 0 radical (unpaired) electrons. The number of carbonyl (C=O) groups is 1. The van der Waals surface area contributed by atoms with E-state index in [1.165, 1.54) is 23.6 Å². The van der Waals surface area contributed by atoms with Crippen LogP contribution in [0, 0.1) is 5.95 Å². The van der Waals surface area contributed by atoms with Crippen LogP contribution in [0.25, 0.3) is 0 Å². The second kappa shape index (κ2) is 9.97. The summed E-state index contributed by atoms with van der Waals surface area (Å²) >= 11 is 1.41. The summed E-state index contributed by atoms with van der Waals surface area (Å²) in [7, 11) is 0. The van der Waals surface area contributed by atoms with Crippen LogP contribution >= 0.6 is 11.3 Å². The van der Waals surface area contributed by atoms with Gasteiger partial charge in [-0.05, 0) is 67.3 Å². The van der Waals surface area contributed by atoms with Gasteiger partial charge in [0.1, 0.15) is 5.69 Å². The summed E-state index contributed by atoms with van der Waals surface area (Å²) < 4.78 is 15.2. The Morgan fingerprint density at radius 1 is 1.29 bits per heavy atom. The van der Waals surface area contributed by atoms with E-state index in [0.717, 1.165) is 41.9 Å². The van der Waals surface area contributed by atoms with E-state index >= 15 is 0 Å². The first kappa shape index (κ1) is 23.2. The summed E-state index contributed by atoms with van der Waals surface area (Å²) in [6.07, 6.45) is 4.76. The highest BCUT2D eigenvalue weighted by Gasteiger charge is 2.28. The van der Waals surface area contributed by atoms with Gasteiger partial charge in [-0.3, -0.25) is 10.1 Å². The molecule has 0 saturated carbocycles. The van der Waals surface area contributed by atoms with Crippen LogP contribution in [0.3, 0.4) is 0 Å². The number of nitrogens with zero attached hydrogens (tertiary/aromatic N) is 4. The molecule has 2 atom stereocenters. The van der Waals surface area contributed by atoms with E-state index in [-0.39, 0.29) is 11.9 Å². The first-order valence-electron chi connectivity index (χ1n) is 11.5. The molecule has 180 valence electrons. The Kier molecular flexibility index (Phi) is 6.61. The van der Waals surface area contributed by atoms with Crippen molar-refractivity contribution in [3.05, 3.63) is 94.8 Å². The summed E-state index contributed by atoms with van der Waals surface area (Å²) in [6, 6.07) is 14.7. The van der Waals surface area contributed by atoms with Gasteiger partial charge in [-0.25, -0.2) is 9.97 Å². The van der Waals surface area contributed by atoms with Crippen molar-refractivity contribution in [3.63, 3.8) is 0 Å². The minimum atomic E-state index is -0.546. The number of amides is 1. The summed E-state index contributed by atoms with van der Waals surface area (Å²) in [5.41, 5.74) is 4.12. The molecule has 5 rings (SSSR count). The molecular weight excluding hydrogens is 465 g/mol. The van der Waals surface area contributed by atoms with Gasteiger partial charge in [0, 0.05) is 36.6 Å². The molecular formula is C26H26FN5O2S. The maximum Gasteiger partial charge on any atom is 0.274 e. The molecule has 2 N–H and O–H groups in total. The summed E-state index contributed by atoms with van der Waals surface area (Å²) in [6.45, 7) is 3.05. The molecule has 35 heavy (non-hydrogen) atoms. The van der Waals surface area contributed by atoms with E-state index < -0.39 is 12.1 Å². The van der Waals surface area contributed by atoms with Gasteiger partial charge < -0.3 is 14.6 Å². The number of benzene rings is 1. The van der Waals surface area contributed by atoms with Gasteiger partial charge >= 0.3 is 0 Å². The zero-order valence-corrected chi connectivity index (χ0v) is 20.1. The SMILES string of the molecule is C[C@@H](O)c1ccc(N2CCC[C@@H]2c2csc(NC(=O)c3cccn3Cc3ccnc(F)c3)n2)cc1. The Labute approximate surface area is 206 Å². The van der Waals surface area contributed by atoms with Crippen LogP contribution in [0.1, 0.15) is 59.2 Å². The van der Waals surface area contributed by atoms with E-state index in [9.17, 15) is 14.3 Å². The van der Waals surface area contributed by atoms with Crippen molar-refractivity contribution in [2.75, 3.05) is 16.8 Å². The topological polar surface area (TPSA) is 83.3 Å². The second-order valence-electron chi connectivity index (χ2n) is 8.66. The number of nitrogens with one attached hydrogen (secondary N) is 1. The Hall–Kier alpha value is -3.56. The zero-order valence-electron chi connectivity index (χ0n) is 19.3. The molecule has 1 aliphatic rings. The molecule has 0 spiro atoms. The molecule has 1 aliphatic heterocycles. The number of rotatable bonds is 7. The van der Waals surface area contributed by atoms with E-state index in [2.05, 4.69) is 15.2 Å². The van der Waals surface area contributed by atoms with Crippen LogP contribution in [-0.2, 0) is 6.54 Å². The number of aliphatic hydroxyl groups is 1. The van der Waals surface area contributed by atoms with Crippen molar-refractivity contribution in [2.45, 2.75) is 38.5 Å². The molecule has 4 aromatic rings. The van der Waals surface area contributed by atoms with Crippen LogP contribution in [0.2, 0.25) is 0 Å². The molecule has 1 saturated heterocycles. The highest BCUT2D eigenvalue weighted by molar-refractivity contribution is 7.14. The van der Waals surface area contributed by atoms with Gasteiger partial charge in [0.05, 0.1) is 17.8 Å². The molecule has 0 aliphatic carbocycles. The Bertz CT molecular complexity index is 1320. The third-order valence-electron chi connectivity index (χ3n) is 6.25. The van der Waals surface area contributed by atoms with Crippen molar-refractivity contribution < 1.29 is 14.3 Å². The molecule has 9 heteroatoms. The summed E-state index contributed by atoms with van der Waals surface area (Å²) in [4.78, 5) is 23.6. The highest BCUT2D eigenvalue weighted by atomic mass is 32.1. The molecule has 0 bridgehead atoms. The van der Waals surface area contributed by atoms with Crippen LogP contribution in [0.15, 0.2) is 66.3 Å². The standard InChI is InChI=1S/C26H26FN5O2S/c1-17(33)19-6-8-20(9-7-19)32-13-3-4-22(32)21-16-35-26(29-21)30-25(34)23-5-2-12-31(23)15-18-10-11-28-24(27)14-18/h2,5-12,14,16-17,22,33H,3-4,13,15H2,1H3,(H,29,30,34)/t17-,22-/m1/s1. The minimum Gasteiger partial charge on any atom is -0.389 e. The van der Waals surface area contributed by atoms with Gasteiger partial charge in [0.15, 0.2) is 5.13 Å². The lowest BCUT2D eigenvalue weighted by Crippen LogP contribution is -2.23. The Balaban J connectivity index is 1.28. The zero-order chi connectivity index (χ0) is 24.4. The molecule has 4 heterocycles. The lowest BCUT2D eigenvalue weighted by Gasteiger charge is -2.26. The molecule has 3 aromatic heterocycles. The number of hydrogen-bond acceptors (Lipinski definition) is 6.